The number of aryl methyl sites for hydroxylation is 1. The average Bonchev–Trinajstić information content (AvgIpc) is 2.91. The Labute approximate surface area is 115 Å². The molecule has 0 amide bonds. The van der Waals surface area contributed by atoms with Crippen molar-refractivity contribution in [1.82, 2.24) is 9.55 Å². The fraction of sp³-hybridized carbons (Fsp3) is 0.308. The van der Waals surface area contributed by atoms with Crippen LogP contribution in [0.25, 0.3) is 0 Å². The highest BCUT2D eigenvalue weighted by Crippen LogP contribution is 2.29. The fourth-order valence-electron chi connectivity index (χ4n) is 2.02. The summed E-state index contributed by atoms with van der Waals surface area (Å²) in [7, 11) is 1.72. The van der Waals surface area contributed by atoms with Gasteiger partial charge in [-0.1, -0.05) is 6.07 Å². The molecule has 6 nitrogen and oxygen atoms in total. The fourth-order valence-corrected chi connectivity index (χ4v) is 2.02. The SMILES string of the molecule is CN(CCCn1ccnc1)c1cccc(F)c1[N+](=O)[O-]. The van der Waals surface area contributed by atoms with Crippen molar-refractivity contribution in [1.29, 1.82) is 0 Å². The van der Waals surface area contributed by atoms with Gasteiger partial charge in [0.2, 0.25) is 5.82 Å². The third kappa shape index (κ3) is 3.11. The Balaban J connectivity index is 2.03. The summed E-state index contributed by atoms with van der Waals surface area (Å²) in [5.74, 6) is -0.811. The molecule has 1 aromatic heterocycles. The minimum atomic E-state index is -0.811. The molecule has 0 N–H and O–H groups in total. The monoisotopic (exact) mass is 278 g/mol. The number of imidazole rings is 1. The summed E-state index contributed by atoms with van der Waals surface area (Å²) >= 11 is 0. The number of nitrogens with zero attached hydrogens (tertiary/aromatic N) is 4. The second kappa shape index (κ2) is 6.14. The lowest BCUT2D eigenvalue weighted by Crippen LogP contribution is -2.21. The van der Waals surface area contributed by atoms with Crippen molar-refractivity contribution in [2.45, 2.75) is 13.0 Å². The summed E-state index contributed by atoms with van der Waals surface area (Å²) < 4.78 is 15.5. The van der Waals surface area contributed by atoms with Crippen LogP contribution >= 0.6 is 0 Å². The summed E-state index contributed by atoms with van der Waals surface area (Å²) in [4.78, 5) is 15.9. The Morgan fingerprint density at radius 3 is 2.95 bits per heavy atom. The smallest absolute Gasteiger partial charge is 0.327 e. The summed E-state index contributed by atoms with van der Waals surface area (Å²) in [5.41, 5.74) is -0.182. The number of para-hydroxylation sites is 1. The molecule has 0 aliphatic rings. The van der Waals surface area contributed by atoms with Crippen molar-refractivity contribution in [3.8, 4) is 0 Å². The zero-order valence-corrected chi connectivity index (χ0v) is 11.1. The number of anilines is 1. The van der Waals surface area contributed by atoms with Crippen molar-refractivity contribution in [3.63, 3.8) is 0 Å². The van der Waals surface area contributed by atoms with E-state index in [9.17, 15) is 14.5 Å². The lowest BCUT2D eigenvalue weighted by atomic mass is 10.2. The van der Waals surface area contributed by atoms with Crippen LogP contribution in [0.2, 0.25) is 0 Å². The summed E-state index contributed by atoms with van der Waals surface area (Å²) in [6, 6.07) is 4.13. The van der Waals surface area contributed by atoms with Crippen molar-refractivity contribution in [2.24, 2.45) is 0 Å². The molecule has 7 heteroatoms. The molecule has 0 fully saturated rings. The topological polar surface area (TPSA) is 64.2 Å². The number of aromatic nitrogens is 2. The number of rotatable bonds is 6. The van der Waals surface area contributed by atoms with Gasteiger partial charge in [0.15, 0.2) is 0 Å². The van der Waals surface area contributed by atoms with Crippen molar-refractivity contribution < 1.29 is 9.31 Å². The highest BCUT2D eigenvalue weighted by Gasteiger charge is 2.22. The van der Waals surface area contributed by atoms with Gasteiger partial charge < -0.3 is 9.47 Å². The molecule has 0 unspecified atom stereocenters. The first-order chi connectivity index (χ1) is 9.59. The van der Waals surface area contributed by atoms with Crippen molar-refractivity contribution >= 4 is 11.4 Å². The molecule has 0 saturated heterocycles. The molecule has 2 aromatic rings. The van der Waals surface area contributed by atoms with E-state index >= 15 is 0 Å². The van der Waals surface area contributed by atoms with E-state index in [2.05, 4.69) is 4.98 Å². The van der Waals surface area contributed by atoms with Crippen LogP contribution in [-0.4, -0.2) is 28.1 Å². The Hall–Kier alpha value is -2.44. The zero-order valence-electron chi connectivity index (χ0n) is 11.1. The number of hydrogen-bond donors (Lipinski definition) is 0. The minimum Gasteiger partial charge on any atom is -0.369 e. The summed E-state index contributed by atoms with van der Waals surface area (Å²) in [6.45, 7) is 1.34. The normalized spacial score (nSPS) is 10.5. The molecule has 0 bridgehead atoms. The van der Waals surface area contributed by atoms with Gasteiger partial charge >= 0.3 is 5.69 Å². The third-order valence-electron chi connectivity index (χ3n) is 3.03. The maximum absolute atomic E-state index is 13.5. The van der Waals surface area contributed by atoms with Gasteiger partial charge in [0.1, 0.15) is 5.69 Å². The number of nitro benzene ring substituents is 1. The van der Waals surface area contributed by atoms with Gasteiger partial charge in [-0.05, 0) is 18.6 Å². The molecular formula is C13H15FN4O2. The van der Waals surface area contributed by atoms with Gasteiger partial charge in [0.25, 0.3) is 0 Å². The molecule has 1 aromatic carbocycles. The second-order valence-corrected chi connectivity index (χ2v) is 4.44. The number of halogens is 1. The molecule has 0 radical (unpaired) electrons. The van der Waals surface area contributed by atoms with Gasteiger partial charge in [-0.15, -0.1) is 0 Å². The molecule has 0 saturated carbocycles. The van der Waals surface area contributed by atoms with E-state index in [4.69, 9.17) is 0 Å². The largest absolute Gasteiger partial charge is 0.369 e. The number of hydrogen-bond acceptors (Lipinski definition) is 4. The zero-order chi connectivity index (χ0) is 14.5. The first kappa shape index (κ1) is 14.0. The first-order valence-electron chi connectivity index (χ1n) is 6.19. The minimum absolute atomic E-state index is 0.292. The van der Waals surface area contributed by atoms with Gasteiger partial charge in [0.05, 0.1) is 11.3 Å². The second-order valence-electron chi connectivity index (χ2n) is 4.44. The van der Waals surface area contributed by atoms with Crippen LogP contribution in [0.15, 0.2) is 36.9 Å². The van der Waals surface area contributed by atoms with E-state index in [0.717, 1.165) is 19.0 Å². The van der Waals surface area contributed by atoms with E-state index in [0.29, 0.717) is 12.2 Å². The maximum Gasteiger partial charge on any atom is 0.327 e. The molecule has 20 heavy (non-hydrogen) atoms. The predicted octanol–water partition coefficient (Wildman–Crippen LogP) is 2.46. The van der Waals surface area contributed by atoms with E-state index < -0.39 is 16.4 Å². The quantitative estimate of drug-likeness (QED) is 0.601. The first-order valence-corrected chi connectivity index (χ1v) is 6.19. The van der Waals surface area contributed by atoms with E-state index in [1.807, 2.05) is 10.8 Å². The van der Waals surface area contributed by atoms with E-state index in [1.165, 1.54) is 6.07 Å². The number of nitro groups is 1. The molecular weight excluding hydrogens is 263 g/mol. The predicted molar refractivity (Wildman–Crippen MR) is 73.2 cm³/mol. The lowest BCUT2D eigenvalue weighted by Gasteiger charge is -2.19. The average molecular weight is 278 g/mol. The Kier molecular flexibility index (Phi) is 4.29. The Morgan fingerprint density at radius 1 is 1.50 bits per heavy atom. The van der Waals surface area contributed by atoms with Crippen LogP contribution in [0.5, 0.6) is 0 Å². The van der Waals surface area contributed by atoms with Crippen molar-refractivity contribution in [2.75, 3.05) is 18.5 Å². The highest BCUT2D eigenvalue weighted by molar-refractivity contribution is 5.63. The standard InChI is InChI=1S/C13H15FN4O2/c1-16(7-3-8-17-9-6-15-10-17)12-5-2-4-11(14)13(12)18(19)20/h2,4-6,9-10H,3,7-8H2,1H3. The summed E-state index contributed by atoms with van der Waals surface area (Å²) in [6.07, 6.45) is 6.04. The van der Waals surface area contributed by atoms with Gasteiger partial charge in [-0.2, -0.15) is 4.39 Å². The molecule has 106 valence electrons. The molecule has 0 aliphatic carbocycles. The molecule has 0 atom stereocenters. The van der Waals surface area contributed by atoms with Crippen LogP contribution < -0.4 is 4.90 Å². The lowest BCUT2D eigenvalue weighted by molar-refractivity contribution is -0.386. The maximum atomic E-state index is 13.5. The molecule has 1 heterocycles. The van der Waals surface area contributed by atoms with Crippen LogP contribution in [0, 0.1) is 15.9 Å². The van der Waals surface area contributed by atoms with Crippen LogP contribution in [0.4, 0.5) is 15.8 Å². The highest BCUT2D eigenvalue weighted by atomic mass is 19.1. The van der Waals surface area contributed by atoms with Crippen LogP contribution in [0.1, 0.15) is 6.42 Å². The van der Waals surface area contributed by atoms with E-state index in [1.54, 1.807) is 30.5 Å². The van der Waals surface area contributed by atoms with Gasteiger partial charge in [0, 0.05) is 32.5 Å². The van der Waals surface area contributed by atoms with Crippen molar-refractivity contribution in [3.05, 3.63) is 52.9 Å². The Morgan fingerprint density at radius 2 is 2.30 bits per heavy atom. The van der Waals surface area contributed by atoms with Crippen LogP contribution in [0.3, 0.4) is 0 Å². The van der Waals surface area contributed by atoms with Gasteiger partial charge in [-0.3, -0.25) is 10.1 Å². The van der Waals surface area contributed by atoms with Gasteiger partial charge in [-0.25, -0.2) is 4.98 Å². The third-order valence-corrected chi connectivity index (χ3v) is 3.03. The molecule has 0 spiro atoms. The summed E-state index contributed by atoms with van der Waals surface area (Å²) in [5, 5.41) is 10.9. The number of benzene rings is 1. The Bertz CT molecular complexity index is 586. The van der Waals surface area contributed by atoms with E-state index in [-0.39, 0.29) is 0 Å². The molecule has 0 aliphatic heterocycles. The van der Waals surface area contributed by atoms with Crippen LogP contribution in [-0.2, 0) is 6.54 Å². The molecule has 2 rings (SSSR count).